The molecule has 1 fully saturated rings. The van der Waals surface area contributed by atoms with Crippen molar-refractivity contribution in [2.45, 2.75) is 25.4 Å². The quantitative estimate of drug-likeness (QED) is 0.735. The highest BCUT2D eigenvalue weighted by molar-refractivity contribution is 7.10. The normalized spacial score (nSPS) is 22.7. The Hall–Kier alpha value is -1.73. The third kappa shape index (κ3) is 2.66. The summed E-state index contributed by atoms with van der Waals surface area (Å²) in [6.07, 6.45) is 2.44. The van der Waals surface area contributed by atoms with Crippen molar-refractivity contribution in [1.29, 1.82) is 0 Å². The van der Waals surface area contributed by atoms with Gasteiger partial charge in [0, 0.05) is 12.8 Å². The number of aromatic nitrogens is 3. The molecule has 1 unspecified atom stereocenters. The number of hydrogen-bond donors (Lipinski definition) is 3. The molecule has 1 aliphatic rings. The summed E-state index contributed by atoms with van der Waals surface area (Å²) in [7, 11) is 0. The number of nitrogens with two attached hydrogens (primary N) is 2. The van der Waals surface area contributed by atoms with E-state index in [1.54, 1.807) is 0 Å². The minimum atomic E-state index is 0.203. The van der Waals surface area contributed by atoms with Crippen molar-refractivity contribution in [1.82, 2.24) is 15.0 Å². The topological polar surface area (TPSA) is 95.1 Å². The van der Waals surface area contributed by atoms with E-state index in [9.17, 15) is 0 Å². The lowest BCUT2D eigenvalue weighted by atomic mass is 10.2. The first-order valence-electron chi connectivity index (χ1n) is 6.36. The molecule has 100 valence electrons. The number of nitrogens with one attached hydrogen (secondary N) is 1. The van der Waals surface area contributed by atoms with E-state index in [4.69, 9.17) is 11.5 Å². The predicted molar refractivity (Wildman–Crippen MR) is 74.5 cm³/mol. The number of rotatable bonds is 3. The number of likely N-dealkylation sites (tertiary alicyclic amines) is 1. The van der Waals surface area contributed by atoms with Gasteiger partial charge in [0.05, 0.1) is 11.4 Å². The van der Waals surface area contributed by atoms with Crippen LogP contribution in [0.25, 0.3) is 0 Å². The maximum absolute atomic E-state index is 5.61. The summed E-state index contributed by atoms with van der Waals surface area (Å²) >= 11 is 1.82. The van der Waals surface area contributed by atoms with Gasteiger partial charge in [-0.1, -0.05) is 6.07 Å². The summed E-state index contributed by atoms with van der Waals surface area (Å²) in [4.78, 5) is 15.1. The van der Waals surface area contributed by atoms with E-state index in [1.165, 1.54) is 22.6 Å². The van der Waals surface area contributed by atoms with Crippen molar-refractivity contribution in [3.63, 3.8) is 0 Å². The molecule has 6 nitrogen and oxygen atoms in total. The molecule has 19 heavy (non-hydrogen) atoms. The smallest absolute Gasteiger partial charge is 0.225 e. The maximum atomic E-state index is 5.61. The molecule has 2 aromatic heterocycles. The monoisotopic (exact) mass is 277 g/mol. The van der Waals surface area contributed by atoms with E-state index in [0.717, 1.165) is 13.1 Å². The summed E-state index contributed by atoms with van der Waals surface area (Å²) in [6, 6.07) is 4.85. The Morgan fingerprint density at radius 1 is 1.26 bits per heavy atom. The molecule has 3 rings (SSSR count). The van der Waals surface area contributed by atoms with Crippen molar-refractivity contribution in [3.05, 3.63) is 28.2 Å². The zero-order valence-corrected chi connectivity index (χ0v) is 11.4. The molecule has 0 amide bonds. The zero-order chi connectivity index (χ0) is 13.2. The maximum Gasteiger partial charge on any atom is 0.225 e. The molecular weight excluding hydrogens is 260 g/mol. The summed E-state index contributed by atoms with van der Waals surface area (Å²) in [5.74, 6) is 1.09. The van der Waals surface area contributed by atoms with Crippen LogP contribution in [0.4, 0.5) is 11.9 Å². The fourth-order valence-electron chi connectivity index (χ4n) is 2.70. The van der Waals surface area contributed by atoms with Crippen LogP contribution in [0.5, 0.6) is 0 Å². The first-order valence-corrected chi connectivity index (χ1v) is 7.24. The molecule has 7 heteroatoms. The Kier molecular flexibility index (Phi) is 3.31. The van der Waals surface area contributed by atoms with E-state index in [0.29, 0.717) is 11.9 Å². The summed E-state index contributed by atoms with van der Waals surface area (Å²) < 4.78 is 0. The van der Waals surface area contributed by atoms with E-state index in [-0.39, 0.29) is 11.9 Å². The second kappa shape index (κ2) is 5.10. The van der Waals surface area contributed by atoms with Gasteiger partial charge in [0.2, 0.25) is 11.9 Å². The highest BCUT2D eigenvalue weighted by Gasteiger charge is 2.31. The average Bonchev–Trinajstić information content (AvgIpc) is 2.96. The molecule has 0 bridgehead atoms. The fourth-order valence-corrected chi connectivity index (χ4v) is 3.62. The van der Waals surface area contributed by atoms with E-state index in [1.807, 2.05) is 11.3 Å². The zero-order valence-electron chi connectivity index (χ0n) is 10.5. The van der Waals surface area contributed by atoms with Crippen LogP contribution in [0.1, 0.15) is 29.6 Å². The van der Waals surface area contributed by atoms with Crippen LogP contribution >= 0.6 is 11.3 Å². The molecule has 2 aromatic rings. The largest absolute Gasteiger partial charge is 0.368 e. The molecule has 0 aromatic carbocycles. The second-order valence-corrected chi connectivity index (χ2v) is 5.74. The second-order valence-electron chi connectivity index (χ2n) is 4.76. The van der Waals surface area contributed by atoms with Gasteiger partial charge in [0.15, 0.2) is 5.82 Å². The molecule has 0 saturated carbocycles. The Morgan fingerprint density at radius 2 is 2.05 bits per heavy atom. The molecule has 5 N–H and O–H groups in total. The van der Waals surface area contributed by atoms with Crippen LogP contribution in [-0.4, -0.2) is 21.5 Å². The average molecular weight is 277 g/mol. The summed E-state index contributed by atoms with van der Waals surface area (Å²) in [5, 5.41) is 2.13. The molecule has 1 aliphatic heterocycles. The van der Waals surface area contributed by atoms with Crippen molar-refractivity contribution >= 4 is 23.2 Å². The van der Waals surface area contributed by atoms with E-state index >= 15 is 0 Å². The fraction of sp³-hybridized carbons (Fsp3) is 0.417. The number of hydrogen-bond acceptors (Lipinski definition) is 6. The number of nitrogen functional groups attached to an aromatic ring is 2. The van der Waals surface area contributed by atoms with Crippen LogP contribution in [0.15, 0.2) is 17.5 Å². The SMILES string of the molecule is Nc1nc(N)nc(C[NH+]2CCC[C@@H]2c2cccs2)n1. The van der Waals surface area contributed by atoms with Gasteiger partial charge in [-0.25, -0.2) is 0 Å². The number of thiophene rings is 1. The lowest BCUT2D eigenvalue weighted by molar-refractivity contribution is -0.932. The van der Waals surface area contributed by atoms with E-state index in [2.05, 4.69) is 32.5 Å². The highest BCUT2D eigenvalue weighted by atomic mass is 32.1. The molecule has 0 aliphatic carbocycles. The van der Waals surface area contributed by atoms with Crippen LogP contribution < -0.4 is 16.4 Å². The summed E-state index contributed by atoms with van der Waals surface area (Å²) in [5.41, 5.74) is 11.2. The number of quaternary nitrogens is 1. The summed E-state index contributed by atoms with van der Waals surface area (Å²) in [6.45, 7) is 1.88. The van der Waals surface area contributed by atoms with Crippen molar-refractivity contribution < 1.29 is 4.90 Å². The van der Waals surface area contributed by atoms with Gasteiger partial charge in [-0.3, -0.25) is 0 Å². The third-order valence-electron chi connectivity index (χ3n) is 3.47. The predicted octanol–water partition coefficient (Wildman–Crippen LogP) is 0.0175. The van der Waals surface area contributed by atoms with Crippen LogP contribution in [0.3, 0.4) is 0 Å². The lowest BCUT2D eigenvalue weighted by Gasteiger charge is -2.19. The number of nitrogens with zero attached hydrogens (tertiary/aromatic N) is 3. The Labute approximate surface area is 115 Å². The molecule has 3 heterocycles. The Balaban J connectivity index is 1.78. The minimum absolute atomic E-state index is 0.203. The lowest BCUT2D eigenvalue weighted by Crippen LogP contribution is -3.09. The van der Waals surface area contributed by atoms with Gasteiger partial charge in [-0.15, -0.1) is 11.3 Å². The first kappa shape index (κ1) is 12.3. The number of anilines is 2. The highest BCUT2D eigenvalue weighted by Crippen LogP contribution is 2.23. The van der Waals surface area contributed by atoms with Crippen molar-refractivity contribution in [3.8, 4) is 0 Å². The molecular formula is C12H17N6S+. The molecule has 0 radical (unpaired) electrons. The Bertz CT molecular complexity index is 535. The molecule has 0 spiro atoms. The van der Waals surface area contributed by atoms with Crippen LogP contribution in [-0.2, 0) is 6.54 Å². The van der Waals surface area contributed by atoms with Crippen LogP contribution in [0.2, 0.25) is 0 Å². The van der Waals surface area contributed by atoms with Gasteiger partial charge in [-0.2, -0.15) is 15.0 Å². The van der Waals surface area contributed by atoms with E-state index < -0.39 is 0 Å². The Morgan fingerprint density at radius 3 is 2.74 bits per heavy atom. The van der Waals surface area contributed by atoms with Gasteiger partial charge in [-0.05, 0) is 11.4 Å². The molecule has 2 atom stereocenters. The third-order valence-corrected chi connectivity index (χ3v) is 4.46. The van der Waals surface area contributed by atoms with Gasteiger partial charge < -0.3 is 16.4 Å². The van der Waals surface area contributed by atoms with Gasteiger partial charge in [0.25, 0.3) is 0 Å². The molecule has 1 saturated heterocycles. The van der Waals surface area contributed by atoms with Gasteiger partial charge in [0.1, 0.15) is 12.6 Å². The van der Waals surface area contributed by atoms with Crippen molar-refractivity contribution in [2.24, 2.45) is 0 Å². The van der Waals surface area contributed by atoms with Crippen LogP contribution in [0, 0.1) is 0 Å². The first-order chi connectivity index (χ1) is 9.22. The van der Waals surface area contributed by atoms with Crippen molar-refractivity contribution in [2.75, 3.05) is 18.0 Å². The van der Waals surface area contributed by atoms with Gasteiger partial charge >= 0.3 is 0 Å². The minimum Gasteiger partial charge on any atom is -0.368 e. The standard InChI is InChI=1S/C12H16N6S/c13-11-15-10(16-12(14)17-11)7-18-5-1-3-8(18)9-4-2-6-19-9/h2,4,6,8H,1,3,5,7H2,(H4,13,14,15,16,17)/p+1/t8-/m1/s1.